The normalized spacial score (nSPS) is 32.8. The number of rotatable bonds is 1. The van der Waals surface area contributed by atoms with E-state index in [1.54, 1.807) is 5.32 Å². The predicted octanol–water partition coefficient (Wildman–Crippen LogP) is 0.226. The van der Waals surface area contributed by atoms with Crippen LogP contribution in [-0.4, -0.2) is 13.5 Å². The summed E-state index contributed by atoms with van der Waals surface area (Å²) in [6.45, 7) is -3.07. The minimum absolute atomic E-state index is 1.15. The van der Waals surface area contributed by atoms with Crippen LogP contribution in [0, 0.1) is 0 Å². The molecule has 0 saturated heterocycles. The van der Waals surface area contributed by atoms with Gasteiger partial charge < -0.3 is 5.32 Å². The van der Waals surface area contributed by atoms with Gasteiger partial charge >= 0.3 is 0 Å². The second-order valence-electron chi connectivity index (χ2n) is 0.375. The standard InChI is InChI=1S/C3H9N/c1-3-4-2/h4H,3H2,1-2H3/i2D3,3D2. The molecule has 0 rings (SSSR count). The van der Waals surface area contributed by atoms with Crippen molar-refractivity contribution in [3.8, 4) is 0 Å². The molecular formula is C3H9N. The number of hydrogen-bond donors (Lipinski definition) is 1. The Hall–Kier alpha value is -0.0400. The van der Waals surface area contributed by atoms with Crippen LogP contribution in [0.1, 0.15) is 13.8 Å². The summed E-state index contributed by atoms with van der Waals surface area (Å²) in [4.78, 5) is 0. The highest BCUT2D eigenvalue weighted by atomic mass is 14.8. The van der Waals surface area contributed by atoms with Crippen LogP contribution >= 0.6 is 0 Å². The van der Waals surface area contributed by atoms with Gasteiger partial charge in [0.15, 0.2) is 0 Å². The zero-order chi connectivity index (χ0) is 7.71. The fraction of sp³-hybridized carbons (Fsp3) is 1.00. The minimum Gasteiger partial charge on any atom is -0.320 e. The zero-order valence-electron chi connectivity index (χ0n) is 7.50. The van der Waals surface area contributed by atoms with Gasteiger partial charge in [-0.05, 0) is 13.5 Å². The Balaban J connectivity index is 3.75. The lowest BCUT2D eigenvalue weighted by Crippen LogP contribution is -2.01. The highest BCUT2D eigenvalue weighted by molar-refractivity contribution is 4.15. The maximum absolute atomic E-state index is 6.78. The maximum atomic E-state index is 6.78. The topological polar surface area (TPSA) is 12.0 Å². The molecular weight excluding hydrogens is 50.0 g/mol. The van der Waals surface area contributed by atoms with Crippen LogP contribution < -0.4 is 5.32 Å². The van der Waals surface area contributed by atoms with E-state index in [1.165, 1.54) is 0 Å². The second-order valence-corrected chi connectivity index (χ2v) is 0.375. The van der Waals surface area contributed by atoms with Crippen LogP contribution in [0.15, 0.2) is 0 Å². The van der Waals surface area contributed by atoms with E-state index in [0.717, 1.165) is 6.92 Å². The first-order chi connectivity index (χ1) is 3.71. The molecule has 0 fully saturated rings. The average Bonchev–Trinajstić information content (AvgIpc) is 1.14. The summed E-state index contributed by atoms with van der Waals surface area (Å²) >= 11 is 0. The molecule has 0 bridgehead atoms. The molecule has 0 amide bonds. The van der Waals surface area contributed by atoms with Gasteiger partial charge in [0, 0.05) is 6.85 Å². The van der Waals surface area contributed by atoms with Crippen molar-refractivity contribution < 1.29 is 6.85 Å². The van der Waals surface area contributed by atoms with Gasteiger partial charge in [0.2, 0.25) is 0 Å². The largest absolute Gasteiger partial charge is 0.320 e. The van der Waals surface area contributed by atoms with Gasteiger partial charge in [-0.25, -0.2) is 0 Å². The second kappa shape index (κ2) is 2.96. The van der Waals surface area contributed by atoms with Gasteiger partial charge in [-0.2, -0.15) is 0 Å². The van der Waals surface area contributed by atoms with E-state index in [9.17, 15) is 0 Å². The summed E-state index contributed by atoms with van der Waals surface area (Å²) in [6, 6.07) is 0. The number of hydrogen-bond acceptors (Lipinski definition) is 1. The van der Waals surface area contributed by atoms with Crippen LogP contribution in [0.4, 0.5) is 0 Å². The Morgan fingerprint density at radius 2 is 3.25 bits per heavy atom. The molecule has 0 unspecified atom stereocenters. The Labute approximate surface area is 34.0 Å². The monoisotopic (exact) mass is 64.1 g/mol. The van der Waals surface area contributed by atoms with Crippen molar-refractivity contribution in [2.75, 3.05) is 13.5 Å². The minimum atomic E-state index is -2.39. The average molecular weight is 64.1 g/mol. The molecule has 0 aromatic heterocycles. The van der Waals surface area contributed by atoms with Crippen LogP contribution in [0.3, 0.4) is 0 Å². The highest BCUT2D eigenvalue weighted by Gasteiger charge is 1.50. The molecule has 0 radical (unpaired) electrons. The molecule has 4 heavy (non-hydrogen) atoms. The van der Waals surface area contributed by atoms with E-state index in [1.807, 2.05) is 0 Å². The van der Waals surface area contributed by atoms with E-state index in [4.69, 9.17) is 6.85 Å². The third kappa shape index (κ3) is 1.96. The van der Waals surface area contributed by atoms with Crippen LogP contribution in [0.5, 0.6) is 0 Å². The molecule has 1 N–H and O–H groups in total. The quantitative estimate of drug-likeness (QED) is 0.460. The van der Waals surface area contributed by atoms with E-state index < -0.39 is 13.5 Å². The van der Waals surface area contributed by atoms with E-state index >= 15 is 0 Å². The summed E-state index contributed by atoms with van der Waals surface area (Å²) in [7, 11) is 0. The third-order valence-corrected chi connectivity index (χ3v) is 0.125. The van der Waals surface area contributed by atoms with E-state index in [-0.39, 0.29) is 0 Å². The first-order valence-electron chi connectivity index (χ1n) is 3.50. The fourth-order valence-electron chi connectivity index (χ4n) is 0. The van der Waals surface area contributed by atoms with E-state index in [2.05, 4.69) is 0 Å². The first kappa shape index (κ1) is 0.548. The Morgan fingerprint density at radius 3 is 3.25 bits per heavy atom. The molecule has 0 aliphatic carbocycles. The SMILES string of the molecule is [2H]C([2H])([2H])NC([2H])([2H])C. The van der Waals surface area contributed by atoms with Crippen LogP contribution in [0.25, 0.3) is 0 Å². The molecule has 0 saturated carbocycles. The predicted molar refractivity (Wildman–Crippen MR) is 19.6 cm³/mol. The van der Waals surface area contributed by atoms with Gasteiger partial charge in [0.05, 0.1) is 0 Å². The molecule has 1 heteroatoms. The van der Waals surface area contributed by atoms with Crippen molar-refractivity contribution >= 4 is 0 Å². The van der Waals surface area contributed by atoms with Crippen molar-refractivity contribution in [1.29, 1.82) is 0 Å². The number of nitrogens with one attached hydrogen (secondary N) is 1. The molecule has 26 valence electrons. The van der Waals surface area contributed by atoms with Crippen molar-refractivity contribution in [3.05, 3.63) is 0 Å². The van der Waals surface area contributed by atoms with Crippen LogP contribution in [0.2, 0.25) is 0 Å². The highest BCUT2D eigenvalue weighted by Crippen LogP contribution is 1.34. The molecule has 0 heterocycles. The first-order valence-corrected chi connectivity index (χ1v) is 1.00. The summed E-state index contributed by atoms with van der Waals surface area (Å²) in [6.07, 6.45) is 0. The Morgan fingerprint density at radius 1 is 2.50 bits per heavy atom. The summed E-state index contributed by atoms with van der Waals surface area (Å²) in [5.74, 6) is 0. The van der Waals surface area contributed by atoms with Gasteiger partial charge in [-0.1, -0.05) is 6.92 Å². The molecule has 0 aliphatic rings. The molecule has 0 atom stereocenters. The summed E-state index contributed by atoms with van der Waals surface area (Å²) in [5, 5.41) is 1.79. The van der Waals surface area contributed by atoms with Crippen LogP contribution in [-0.2, 0) is 0 Å². The van der Waals surface area contributed by atoms with Crippen molar-refractivity contribution in [1.82, 2.24) is 5.32 Å². The Kier molecular flexibility index (Phi) is 0.405. The summed E-state index contributed by atoms with van der Waals surface area (Å²) in [5.41, 5.74) is 0. The Bertz CT molecular complexity index is 77.4. The zero-order valence-corrected chi connectivity index (χ0v) is 2.50. The van der Waals surface area contributed by atoms with Gasteiger partial charge in [-0.3, -0.25) is 0 Å². The van der Waals surface area contributed by atoms with Gasteiger partial charge in [0.25, 0.3) is 0 Å². The third-order valence-electron chi connectivity index (χ3n) is 0.125. The lowest BCUT2D eigenvalue weighted by molar-refractivity contribution is 0.864. The molecule has 0 aliphatic heterocycles. The fourth-order valence-corrected chi connectivity index (χ4v) is 0. The van der Waals surface area contributed by atoms with Crippen molar-refractivity contribution in [3.63, 3.8) is 0 Å². The van der Waals surface area contributed by atoms with Crippen molar-refractivity contribution in [2.45, 2.75) is 6.92 Å². The molecule has 1 nitrogen and oxygen atoms in total. The molecule has 0 spiro atoms. The van der Waals surface area contributed by atoms with Crippen molar-refractivity contribution in [2.24, 2.45) is 0 Å². The smallest absolute Gasteiger partial charge is 0.0425 e. The molecule has 0 aromatic rings. The summed E-state index contributed by atoms with van der Waals surface area (Å²) < 4.78 is 33.3. The van der Waals surface area contributed by atoms with Gasteiger partial charge in [-0.15, -0.1) is 0 Å². The van der Waals surface area contributed by atoms with E-state index in [0.29, 0.717) is 0 Å². The lowest BCUT2D eigenvalue weighted by atomic mass is 10.8. The lowest BCUT2D eigenvalue weighted by Gasteiger charge is -1.76. The maximum Gasteiger partial charge on any atom is 0.0425 e. The molecule has 0 aromatic carbocycles. The van der Waals surface area contributed by atoms with Gasteiger partial charge in [0.1, 0.15) is 0 Å².